The summed E-state index contributed by atoms with van der Waals surface area (Å²) in [4.78, 5) is 10.1. The first-order valence-electron chi connectivity index (χ1n) is 2.02. The number of likely N-dealkylation sites (N-methyl/N-ethyl adjacent to an activating group) is 1. The minimum Gasteiger partial charge on any atom is -0.468 e. The lowest BCUT2D eigenvalue weighted by atomic mass is 11.5. The van der Waals surface area contributed by atoms with Gasteiger partial charge >= 0.3 is 5.97 Å². The lowest BCUT2D eigenvalue weighted by molar-refractivity contribution is -0.139. The number of rotatable bonds is 2. The normalized spacial score (nSPS) is 7.25. The summed E-state index contributed by atoms with van der Waals surface area (Å²) in [6.07, 6.45) is 0. The van der Waals surface area contributed by atoms with Crippen LogP contribution in [0.4, 0.5) is 0 Å². The monoisotopic (exact) mass is 143 g/mol. The molecule has 0 amide bonds. The highest BCUT2D eigenvalue weighted by Gasteiger charge is 1.91. The van der Waals surface area contributed by atoms with Gasteiger partial charge in [-0.05, 0) is 7.05 Å². The maximum absolute atomic E-state index is 10.1. The predicted octanol–water partition coefficient (Wildman–Crippen LogP) is -0.199. The highest BCUT2D eigenvalue weighted by molar-refractivity contribution is 5.85. The maximum atomic E-state index is 10.1. The van der Waals surface area contributed by atoms with Gasteiger partial charge in [-0.2, -0.15) is 0 Å². The number of carbonyl (C=O) groups excluding carboxylic acids is 1. The van der Waals surface area contributed by atoms with Gasteiger partial charge in [0.15, 0.2) is 0 Å². The molecular formula is C4H10ClNO2. The van der Waals surface area contributed by atoms with Crippen LogP contribution in [0.15, 0.2) is 0 Å². The standard InChI is InChI=1S/C4H9NO2.ClH/c1-5-3-4(6)7-2;/h5H,3H2,1-2H3;1H/i1+1,3+1,4+1,5+1;. The quantitative estimate of drug-likeness (QED) is 0.331. The molecule has 0 rings (SSSR count). The third-order valence-electron chi connectivity index (χ3n) is 0.549. The van der Waals surface area contributed by atoms with Gasteiger partial charge in [0.1, 0.15) is 0 Å². The molecule has 0 aromatic rings. The van der Waals surface area contributed by atoms with Gasteiger partial charge in [0.2, 0.25) is 0 Å². The van der Waals surface area contributed by atoms with Crippen LogP contribution in [-0.2, 0) is 9.53 Å². The van der Waals surface area contributed by atoms with Gasteiger partial charge in [0, 0.05) is 0 Å². The third-order valence-corrected chi connectivity index (χ3v) is 0.549. The van der Waals surface area contributed by atoms with Gasteiger partial charge in [-0.25, -0.2) is 0 Å². The second-order valence-electron chi connectivity index (χ2n) is 1.11. The van der Waals surface area contributed by atoms with Crippen molar-refractivity contribution in [3.05, 3.63) is 0 Å². The SMILES string of the molecule is CO[13C](=O)[13CH2][15NH][13CH3].Cl. The van der Waals surface area contributed by atoms with Crippen molar-refractivity contribution in [2.24, 2.45) is 0 Å². The summed E-state index contributed by atoms with van der Waals surface area (Å²) >= 11 is 0. The van der Waals surface area contributed by atoms with E-state index >= 15 is 0 Å². The Balaban J connectivity index is 0. The molecule has 0 spiro atoms. The number of methoxy groups -OCH3 is 1. The van der Waals surface area contributed by atoms with E-state index in [1.165, 1.54) is 7.11 Å². The van der Waals surface area contributed by atoms with E-state index < -0.39 is 0 Å². The smallest absolute Gasteiger partial charge is 0.319 e. The average Bonchev–Trinajstić information content (AvgIpc) is 1.68. The summed E-state index contributed by atoms with van der Waals surface area (Å²) in [6.45, 7) is 0.288. The van der Waals surface area contributed by atoms with Gasteiger partial charge in [-0.3, -0.25) is 4.79 Å². The number of carbonyl (C=O) groups is 1. The van der Waals surface area contributed by atoms with Crippen LogP contribution in [-0.4, -0.2) is 26.7 Å². The van der Waals surface area contributed by atoms with E-state index in [-0.39, 0.29) is 24.9 Å². The molecule has 0 atom stereocenters. The first-order valence-corrected chi connectivity index (χ1v) is 2.02. The summed E-state index contributed by atoms with van der Waals surface area (Å²) in [6, 6.07) is 0. The minimum absolute atomic E-state index is 0. The predicted molar refractivity (Wildman–Crippen MR) is 33.2 cm³/mol. The van der Waals surface area contributed by atoms with Crippen molar-refractivity contribution in [3.63, 3.8) is 0 Å². The van der Waals surface area contributed by atoms with E-state index in [0.29, 0.717) is 0 Å². The van der Waals surface area contributed by atoms with Gasteiger partial charge < -0.3 is 10.1 Å². The highest BCUT2D eigenvalue weighted by Crippen LogP contribution is 1.64. The average molecular weight is 144 g/mol. The second kappa shape index (κ2) is 6.72. The Bertz CT molecular complexity index is 67.1. The summed E-state index contributed by atoms with van der Waals surface area (Å²) in [5.41, 5.74) is 0. The number of halogens is 1. The fourth-order valence-electron chi connectivity index (χ4n) is 0.217. The molecule has 0 saturated carbocycles. The Morgan fingerprint density at radius 3 is 2.38 bits per heavy atom. The molecule has 0 heterocycles. The number of ether oxygens (including phenoxy) is 1. The van der Waals surface area contributed by atoms with Crippen molar-refractivity contribution in [2.75, 3.05) is 20.7 Å². The molecule has 4 heteroatoms. The van der Waals surface area contributed by atoms with E-state index in [2.05, 4.69) is 10.1 Å². The molecule has 1 N–H and O–H groups in total. The molecule has 0 aliphatic carbocycles. The van der Waals surface area contributed by atoms with E-state index in [4.69, 9.17) is 0 Å². The summed E-state index contributed by atoms with van der Waals surface area (Å²) in [5.74, 6) is -0.234. The molecule has 3 nitrogen and oxygen atoms in total. The van der Waals surface area contributed by atoms with E-state index in [1.807, 2.05) is 0 Å². The van der Waals surface area contributed by atoms with Gasteiger partial charge in [-0.15, -0.1) is 12.4 Å². The number of hydrogen-bond acceptors (Lipinski definition) is 3. The van der Waals surface area contributed by atoms with Crippen LogP contribution in [0.2, 0.25) is 0 Å². The molecule has 0 saturated heterocycles. The Morgan fingerprint density at radius 2 is 2.25 bits per heavy atom. The maximum Gasteiger partial charge on any atom is 0.319 e. The van der Waals surface area contributed by atoms with Crippen LogP contribution in [0.1, 0.15) is 0 Å². The van der Waals surface area contributed by atoms with Crippen molar-refractivity contribution >= 4 is 18.4 Å². The zero-order chi connectivity index (χ0) is 5.70. The van der Waals surface area contributed by atoms with Crippen molar-refractivity contribution < 1.29 is 9.53 Å². The Morgan fingerprint density at radius 1 is 1.75 bits per heavy atom. The highest BCUT2D eigenvalue weighted by atomic mass is 35.5. The fraction of sp³-hybridized carbons (Fsp3) is 0.750. The van der Waals surface area contributed by atoms with Crippen molar-refractivity contribution in [1.82, 2.24) is 5.32 Å². The Kier molecular flexibility index (Phi) is 8.95. The number of nitrogens with one attached hydrogen (secondary N) is 1. The zero-order valence-electron chi connectivity index (χ0n) is 4.93. The summed E-state index contributed by atoms with van der Waals surface area (Å²) in [7, 11) is 3.05. The second-order valence-corrected chi connectivity index (χ2v) is 1.11. The molecule has 0 aliphatic rings. The first kappa shape index (κ1) is 10.7. The molecule has 0 aromatic heterocycles. The van der Waals surface area contributed by atoms with Gasteiger partial charge in [0.25, 0.3) is 0 Å². The van der Waals surface area contributed by atoms with Crippen molar-refractivity contribution in [3.8, 4) is 0 Å². The van der Waals surface area contributed by atoms with Gasteiger partial charge in [0.05, 0.1) is 13.7 Å². The summed E-state index contributed by atoms with van der Waals surface area (Å²) < 4.78 is 4.29. The lowest BCUT2D eigenvalue weighted by Gasteiger charge is -1.93. The summed E-state index contributed by atoms with van der Waals surface area (Å²) in [5, 5.41) is 2.64. The Labute approximate surface area is 54.8 Å². The molecule has 0 aromatic carbocycles. The Hall–Kier alpha value is -0.280. The van der Waals surface area contributed by atoms with E-state index in [9.17, 15) is 4.79 Å². The van der Waals surface area contributed by atoms with Crippen molar-refractivity contribution in [2.45, 2.75) is 0 Å². The van der Waals surface area contributed by atoms with Gasteiger partial charge in [-0.1, -0.05) is 0 Å². The minimum atomic E-state index is -0.234. The molecule has 0 fully saturated rings. The van der Waals surface area contributed by atoms with Crippen LogP contribution in [0.25, 0.3) is 0 Å². The molecule has 0 radical (unpaired) electrons. The lowest BCUT2D eigenvalue weighted by Crippen LogP contribution is -2.19. The number of hydrogen-bond donors (Lipinski definition) is 1. The third kappa shape index (κ3) is 5.72. The molecule has 0 unspecified atom stereocenters. The van der Waals surface area contributed by atoms with E-state index in [0.717, 1.165) is 0 Å². The number of esters is 1. The van der Waals surface area contributed by atoms with Crippen LogP contribution in [0.5, 0.6) is 0 Å². The van der Waals surface area contributed by atoms with Crippen LogP contribution < -0.4 is 5.32 Å². The molecular weight excluding hydrogens is 133 g/mol. The zero-order valence-corrected chi connectivity index (χ0v) is 5.75. The fourth-order valence-corrected chi connectivity index (χ4v) is 0.217. The first-order chi connectivity index (χ1) is 3.31. The van der Waals surface area contributed by atoms with Crippen molar-refractivity contribution in [1.29, 1.82) is 0 Å². The molecule has 8 heavy (non-hydrogen) atoms. The van der Waals surface area contributed by atoms with Crippen LogP contribution in [0.3, 0.4) is 0 Å². The molecule has 0 aliphatic heterocycles. The van der Waals surface area contributed by atoms with Crippen LogP contribution in [0, 0.1) is 0 Å². The largest absolute Gasteiger partial charge is 0.468 e. The topological polar surface area (TPSA) is 38.3 Å². The molecule has 50 valence electrons. The van der Waals surface area contributed by atoms with E-state index in [1.54, 1.807) is 7.05 Å². The molecule has 0 bridgehead atoms. The van der Waals surface area contributed by atoms with Crippen LogP contribution >= 0.6 is 12.4 Å².